The molecule has 2 unspecified atom stereocenters. The van der Waals surface area contributed by atoms with E-state index in [4.69, 9.17) is 0 Å². The lowest BCUT2D eigenvalue weighted by molar-refractivity contribution is 0.0908. The molecule has 0 saturated carbocycles. The normalized spacial score (nSPS) is 22.9. The van der Waals surface area contributed by atoms with E-state index >= 15 is 0 Å². The van der Waals surface area contributed by atoms with Crippen LogP contribution in [0.2, 0.25) is 0 Å². The van der Waals surface area contributed by atoms with E-state index in [1.165, 1.54) is 0 Å². The Morgan fingerprint density at radius 3 is 2.75 bits per heavy atom. The fraction of sp³-hybridized carbons (Fsp3) is 0.600. The molecule has 2 rings (SSSR count). The van der Waals surface area contributed by atoms with Crippen molar-refractivity contribution in [3.05, 3.63) is 35.4 Å². The van der Waals surface area contributed by atoms with E-state index < -0.39 is 11.6 Å². The van der Waals surface area contributed by atoms with Crippen LogP contribution in [0, 0.1) is 11.6 Å². The summed E-state index contributed by atoms with van der Waals surface area (Å²) in [4.78, 5) is 4.61. The minimum absolute atomic E-state index is 0.198. The van der Waals surface area contributed by atoms with Gasteiger partial charge >= 0.3 is 0 Å². The highest BCUT2D eigenvalue weighted by atomic mass is 19.2. The Bertz CT molecular complexity index is 453. The van der Waals surface area contributed by atoms with Gasteiger partial charge in [-0.2, -0.15) is 0 Å². The third-order valence-electron chi connectivity index (χ3n) is 4.09. The van der Waals surface area contributed by atoms with E-state index in [0.29, 0.717) is 18.2 Å². The van der Waals surface area contributed by atoms with Gasteiger partial charge in [0.05, 0.1) is 0 Å². The van der Waals surface area contributed by atoms with Crippen molar-refractivity contribution in [3.63, 3.8) is 0 Å². The van der Waals surface area contributed by atoms with Crippen LogP contribution < -0.4 is 5.32 Å². The zero-order valence-corrected chi connectivity index (χ0v) is 12.4. The SMILES string of the molecule is CNC(CN1CCN(C)CC1C)c1cccc(F)c1F. The summed E-state index contributed by atoms with van der Waals surface area (Å²) in [6.07, 6.45) is 0. The Kier molecular flexibility index (Phi) is 5.07. The van der Waals surface area contributed by atoms with Crippen LogP contribution in [-0.4, -0.2) is 56.1 Å². The van der Waals surface area contributed by atoms with E-state index in [-0.39, 0.29) is 6.04 Å². The minimum Gasteiger partial charge on any atom is -0.312 e. The van der Waals surface area contributed by atoms with Gasteiger partial charge in [0.25, 0.3) is 0 Å². The van der Waals surface area contributed by atoms with Crippen molar-refractivity contribution in [2.24, 2.45) is 0 Å². The van der Waals surface area contributed by atoms with Crippen LogP contribution in [0.5, 0.6) is 0 Å². The van der Waals surface area contributed by atoms with Crippen molar-refractivity contribution < 1.29 is 8.78 Å². The maximum Gasteiger partial charge on any atom is 0.163 e. The molecule has 0 amide bonds. The van der Waals surface area contributed by atoms with Gasteiger partial charge in [0, 0.05) is 43.8 Å². The smallest absolute Gasteiger partial charge is 0.163 e. The topological polar surface area (TPSA) is 18.5 Å². The molecule has 1 aromatic rings. The summed E-state index contributed by atoms with van der Waals surface area (Å²) in [5.41, 5.74) is 0.402. The highest BCUT2D eigenvalue weighted by Gasteiger charge is 2.25. The lowest BCUT2D eigenvalue weighted by Crippen LogP contribution is -2.52. The first-order valence-corrected chi connectivity index (χ1v) is 7.06. The molecule has 1 fully saturated rings. The average Bonchev–Trinajstić information content (AvgIpc) is 2.42. The van der Waals surface area contributed by atoms with Crippen LogP contribution in [0.15, 0.2) is 18.2 Å². The third kappa shape index (κ3) is 3.34. The Labute approximate surface area is 119 Å². The highest BCUT2D eigenvalue weighted by Crippen LogP contribution is 2.21. The summed E-state index contributed by atoms with van der Waals surface area (Å²) < 4.78 is 27.3. The van der Waals surface area contributed by atoms with Crippen LogP contribution in [-0.2, 0) is 0 Å². The molecule has 0 aliphatic carbocycles. The van der Waals surface area contributed by atoms with E-state index in [2.05, 4.69) is 29.1 Å². The van der Waals surface area contributed by atoms with E-state index in [1.807, 2.05) is 0 Å². The molecule has 1 aliphatic rings. The van der Waals surface area contributed by atoms with Gasteiger partial charge in [-0.05, 0) is 27.1 Å². The van der Waals surface area contributed by atoms with E-state index in [0.717, 1.165) is 25.7 Å². The molecular weight excluding hydrogens is 260 g/mol. The molecule has 1 N–H and O–H groups in total. The summed E-state index contributed by atoms with van der Waals surface area (Å²) in [6.45, 7) is 5.82. The summed E-state index contributed by atoms with van der Waals surface area (Å²) in [7, 11) is 3.89. The Hall–Kier alpha value is -1.04. The quantitative estimate of drug-likeness (QED) is 0.910. The molecule has 0 bridgehead atoms. The third-order valence-corrected chi connectivity index (χ3v) is 4.09. The molecular formula is C15H23F2N3. The van der Waals surface area contributed by atoms with Crippen molar-refractivity contribution >= 4 is 0 Å². The maximum absolute atomic E-state index is 13.9. The number of piperazine rings is 1. The van der Waals surface area contributed by atoms with E-state index in [9.17, 15) is 8.78 Å². The maximum atomic E-state index is 13.9. The number of hydrogen-bond acceptors (Lipinski definition) is 3. The predicted molar refractivity (Wildman–Crippen MR) is 76.7 cm³/mol. The molecule has 0 radical (unpaired) electrons. The van der Waals surface area contributed by atoms with Gasteiger partial charge in [-0.15, -0.1) is 0 Å². The summed E-state index contributed by atoms with van der Waals surface area (Å²) in [6, 6.07) is 4.59. The standard InChI is InChI=1S/C15H23F2N3/c1-11-9-19(3)7-8-20(11)10-14(18-2)12-5-4-6-13(16)15(12)17/h4-6,11,14,18H,7-10H2,1-3H3. The number of nitrogens with one attached hydrogen (secondary N) is 1. The Balaban J connectivity index is 2.11. The number of likely N-dealkylation sites (N-methyl/N-ethyl adjacent to an activating group) is 2. The zero-order chi connectivity index (χ0) is 14.7. The second-order valence-corrected chi connectivity index (χ2v) is 5.59. The number of nitrogens with zero attached hydrogens (tertiary/aromatic N) is 2. The van der Waals surface area contributed by atoms with Gasteiger partial charge in [-0.25, -0.2) is 8.78 Å². The van der Waals surface area contributed by atoms with Gasteiger partial charge in [0.1, 0.15) is 0 Å². The summed E-state index contributed by atoms with van der Waals surface area (Å²) >= 11 is 0. The summed E-state index contributed by atoms with van der Waals surface area (Å²) in [5.74, 6) is -1.53. The van der Waals surface area contributed by atoms with Gasteiger partial charge in [0.15, 0.2) is 11.6 Å². The molecule has 5 heteroatoms. The second kappa shape index (κ2) is 6.61. The van der Waals surface area contributed by atoms with Gasteiger partial charge in [-0.1, -0.05) is 12.1 Å². The number of hydrogen-bond donors (Lipinski definition) is 1. The van der Waals surface area contributed by atoms with Crippen molar-refractivity contribution in [1.29, 1.82) is 0 Å². The molecule has 0 spiro atoms. The largest absolute Gasteiger partial charge is 0.312 e. The lowest BCUT2D eigenvalue weighted by Gasteiger charge is -2.40. The zero-order valence-electron chi connectivity index (χ0n) is 12.4. The predicted octanol–water partition coefficient (Wildman–Crippen LogP) is 1.86. The van der Waals surface area contributed by atoms with Crippen LogP contribution in [0.4, 0.5) is 8.78 Å². The highest BCUT2D eigenvalue weighted by molar-refractivity contribution is 5.23. The number of benzene rings is 1. The Morgan fingerprint density at radius 1 is 1.35 bits per heavy atom. The molecule has 0 aromatic heterocycles. The fourth-order valence-corrected chi connectivity index (χ4v) is 2.82. The number of halogens is 2. The van der Waals surface area contributed by atoms with Gasteiger partial charge < -0.3 is 10.2 Å². The summed E-state index contributed by atoms with van der Waals surface area (Å²) in [5, 5.41) is 3.10. The molecule has 2 atom stereocenters. The molecule has 112 valence electrons. The first kappa shape index (κ1) is 15.4. The molecule has 1 aromatic carbocycles. The fourth-order valence-electron chi connectivity index (χ4n) is 2.82. The van der Waals surface area contributed by atoms with Crippen molar-refractivity contribution in [3.8, 4) is 0 Å². The van der Waals surface area contributed by atoms with Gasteiger partial charge in [-0.3, -0.25) is 4.90 Å². The molecule has 1 heterocycles. The van der Waals surface area contributed by atoms with Crippen molar-refractivity contribution in [2.75, 3.05) is 40.3 Å². The van der Waals surface area contributed by atoms with Crippen LogP contribution in [0.3, 0.4) is 0 Å². The minimum atomic E-state index is -0.783. The molecule has 3 nitrogen and oxygen atoms in total. The van der Waals surface area contributed by atoms with Crippen LogP contribution in [0.25, 0.3) is 0 Å². The second-order valence-electron chi connectivity index (χ2n) is 5.59. The monoisotopic (exact) mass is 283 g/mol. The molecule has 1 aliphatic heterocycles. The average molecular weight is 283 g/mol. The molecule has 1 saturated heterocycles. The molecule has 20 heavy (non-hydrogen) atoms. The first-order chi connectivity index (χ1) is 9.52. The van der Waals surface area contributed by atoms with Crippen molar-refractivity contribution in [2.45, 2.75) is 19.0 Å². The van der Waals surface area contributed by atoms with Gasteiger partial charge in [0.2, 0.25) is 0 Å². The first-order valence-electron chi connectivity index (χ1n) is 7.06. The van der Waals surface area contributed by atoms with E-state index in [1.54, 1.807) is 19.2 Å². The van der Waals surface area contributed by atoms with Crippen molar-refractivity contribution in [1.82, 2.24) is 15.1 Å². The number of rotatable bonds is 4. The van der Waals surface area contributed by atoms with Crippen LogP contribution in [0.1, 0.15) is 18.5 Å². The Morgan fingerprint density at radius 2 is 2.10 bits per heavy atom. The van der Waals surface area contributed by atoms with Crippen LogP contribution >= 0.6 is 0 Å². The lowest BCUT2D eigenvalue weighted by atomic mass is 10.0.